The lowest BCUT2D eigenvalue weighted by Crippen LogP contribution is -2.30. The molecule has 116 valence electrons. The van der Waals surface area contributed by atoms with Crippen LogP contribution in [0, 0.1) is 0 Å². The Hall–Kier alpha value is -2.37. The highest BCUT2D eigenvalue weighted by Gasteiger charge is 2.22. The molecule has 1 fully saturated rings. The van der Waals surface area contributed by atoms with E-state index in [0.717, 1.165) is 38.8 Å². The SMILES string of the molecule is O=C(Oc1nc(CCCc2ccccc2)no1)N1CCCC1. The number of aryl methyl sites for hydroxylation is 2. The Morgan fingerprint density at radius 1 is 1.18 bits per heavy atom. The Morgan fingerprint density at radius 2 is 1.95 bits per heavy atom. The minimum Gasteiger partial charge on any atom is -0.359 e. The van der Waals surface area contributed by atoms with Crippen LogP contribution >= 0.6 is 0 Å². The molecule has 0 spiro atoms. The van der Waals surface area contributed by atoms with E-state index in [2.05, 4.69) is 22.3 Å². The van der Waals surface area contributed by atoms with E-state index in [0.29, 0.717) is 12.2 Å². The fourth-order valence-corrected chi connectivity index (χ4v) is 2.52. The van der Waals surface area contributed by atoms with Crippen LogP contribution in [-0.2, 0) is 12.8 Å². The van der Waals surface area contributed by atoms with Gasteiger partial charge in [0.1, 0.15) is 0 Å². The van der Waals surface area contributed by atoms with Crippen LogP contribution < -0.4 is 4.74 Å². The fraction of sp³-hybridized carbons (Fsp3) is 0.438. The fourth-order valence-electron chi connectivity index (χ4n) is 2.52. The first-order valence-corrected chi connectivity index (χ1v) is 7.64. The third-order valence-electron chi connectivity index (χ3n) is 3.70. The van der Waals surface area contributed by atoms with E-state index in [4.69, 9.17) is 9.26 Å². The second-order valence-electron chi connectivity index (χ2n) is 5.38. The van der Waals surface area contributed by atoms with E-state index in [-0.39, 0.29) is 6.08 Å². The smallest absolute Gasteiger partial charge is 0.359 e. The van der Waals surface area contributed by atoms with E-state index in [9.17, 15) is 4.79 Å². The van der Waals surface area contributed by atoms with Crippen LogP contribution in [0.4, 0.5) is 4.79 Å². The van der Waals surface area contributed by atoms with E-state index < -0.39 is 6.09 Å². The number of amides is 1. The predicted octanol–water partition coefficient (Wildman–Crippen LogP) is 2.84. The maximum atomic E-state index is 11.8. The standard InChI is InChI=1S/C16H19N3O3/c20-16(19-11-4-5-12-19)21-15-17-14(18-22-15)10-6-9-13-7-2-1-3-8-13/h1-3,7-8H,4-6,9-12H2. The first-order valence-electron chi connectivity index (χ1n) is 7.64. The van der Waals surface area contributed by atoms with Gasteiger partial charge in [0.15, 0.2) is 5.82 Å². The van der Waals surface area contributed by atoms with Crippen molar-refractivity contribution in [1.29, 1.82) is 0 Å². The van der Waals surface area contributed by atoms with Crippen molar-refractivity contribution in [2.75, 3.05) is 13.1 Å². The number of aromatic nitrogens is 2. The first-order chi connectivity index (χ1) is 10.8. The molecule has 0 aliphatic carbocycles. The van der Waals surface area contributed by atoms with Crippen LogP contribution in [-0.4, -0.2) is 34.2 Å². The number of carbonyl (C=O) groups is 1. The molecule has 6 heteroatoms. The molecule has 1 saturated heterocycles. The summed E-state index contributed by atoms with van der Waals surface area (Å²) in [6.45, 7) is 1.47. The third-order valence-corrected chi connectivity index (χ3v) is 3.70. The Balaban J connectivity index is 1.45. The van der Waals surface area contributed by atoms with Gasteiger partial charge >= 0.3 is 12.2 Å². The van der Waals surface area contributed by atoms with Gasteiger partial charge in [-0.05, 0) is 31.2 Å². The highest BCUT2D eigenvalue weighted by Crippen LogP contribution is 2.14. The molecule has 2 heterocycles. The van der Waals surface area contributed by atoms with E-state index in [1.807, 2.05) is 18.2 Å². The molecule has 1 aromatic heterocycles. The zero-order valence-electron chi connectivity index (χ0n) is 12.4. The minimum absolute atomic E-state index is 0.0633. The van der Waals surface area contributed by atoms with E-state index in [1.54, 1.807) is 4.90 Å². The van der Waals surface area contributed by atoms with Gasteiger partial charge in [-0.15, -0.1) is 0 Å². The number of hydrogen-bond donors (Lipinski definition) is 0. The molecule has 0 unspecified atom stereocenters. The number of carbonyl (C=O) groups excluding carboxylic acids is 1. The predicted molar refractivity (Wildman–Crippen MR) is 79.6 cm³/mol. The molecular weight excluding hydrogens is 282 g/mol. The van der Waals surface area contributed by atoms with Crippen molar-refractivity contribution in [1.82, 2.24) is 15.0 Å². The summed E-state index contributed by atoms with van der Waals surface area (Å²) in [6, 6.07) is 10.3. The lowest BCUT2D eigenvalue weighted by molar-refractivity contribution is 0.142. The van der Waals surface area contributed by atoms with E-state index in [1.165, 1.54) is 5.56 Å². The number of rotatable bonds is 5. The Labute approximate surface area is 129 Å². The van der Waals surface area contributed by atoms with Gasteiger partial charge in [0.25, 0.3) is 0 Å². The molecule has 0 N–H and O–H groups in total. The van der Waals surface area contributed by atoms with Gasteiger partial charge in [-0.1, -0.05) is 35.5 Å². The number of ether oxygens (including phenoxy) is 1. The van der Waals surface area contributed by atoms with Gasteiger partial charge in [0, 0.05) is 19.5 Å². The van der Waals surface area contributed by atoms with Gasteiger partial charge in [-0.3, -0.25) is 4.52 Å². The van der Waals surface area contributed by atoms with Crippen molar-refractivity contribution in [2.45, 2.75) is 32.1 Å². The molecule has 3 rings (SSSR count). The summed E-state index contributed by atoms with van der Waals surface area (Å²) in [4.78, 5) is 17.6. The summed E-state index contributed by atoms with van der Waals surface area (Å²) in [5, 5.41) is 3.85. The molecule has 1 aliphatic heterocycles. The Bertz CT molecular complexity index is 606. The molecule has 1 amide bonds. The van der Waals surface area contributed by atoms with E-state index >= 15 is 0 Å². The van der Waals surface area contributed by atoms with Crippen molar-refractivity contribution >= 4 is 6.09 Å². The van der Waals surface area contributed by atoms with Crippen molar-refractivity contribution < 1.29 is 14.1 Å². The number of benzene rings is 1. The number of nitrogens with zero attached hydrogens (tertiary/aromatic N) is 3. The number of likely N-dealkylation sites (tertiary alicyclic amines) is 1. The Morgan fingerprint density at radius 3 is 2.73 bits per heavy atom. The van der Waals surface area contributed by atoms with Crippen molar-refractivity contribution in [3.8, 4) is 6.08 Å². The quantitative estimate of drug-likeness (QED) is 0.849. The molecule has 0 bridgehead atoms. The monoisotopic (exact) mass is 301 g/mol. The van der Waals surface area contributed by atoms with Crippen molar-refractivity contribution in [3.05, 3.63) is 41.7 Å². The summed E-state index contributed by atoms with van der Waals surface area (Å²) >= 11 is 0. The van der Waals surface area contributed by atoms with Gasteiger partial charge < -0.3 is 9.64 Å². The highest BCUT2D eigenvalue weighted by atomic mass is 16.7. The maximum absolute atomic E-state index is 11.8. The topological polar surface area (TPSA) is 68.5 Å². The van der Waals surface area contributed by atoms with Crippen LogP contribution in [0.5, 0.6) is 6.08 Å². The van der Waals surface area contributed by atoms with Gasteiger partial charge in [-0.25, -0.2) is 4.79 Å². The Kier molecular flexibility index (Phi) is 4.68. The zero-order chi connectivity index (χ0) is 15.2. The second kappa shape index (κ2) is 7.06. The molecule has 1 aliphatic rings. The third kappa shape index (κ3) is 3.84. The summed E-state index contributed by atoms with van der Waals surface area (Å²) in [7, 11) is 0. The average Bonchev–Trinajstić information content (AvgIpc) is 3.20. The molecule has 22 heavy (non-hydrogen) atoms. The summed E-state index contributed by atoms with van der Waals surface area (Å²) in [5.41, 5.74) is 1.28. The molecule has 2 aromatic rings. The largest absolute Gasteiger partial charge is 0.426 e. The molecule has 0 radical (unpaired) electrons. The lowest BCUT2D eigenvalue weighted by Gasteiger charge is -2.11. The molecule has 6 nitrogen and oxygen atoms in total. The van der Waals surface area contributed by atoms with Crippen LogP contribution in [0.25, 0.3) is 0 Å². The van der Waals surface area contributed by atoms with Crippen LogP contribution in [0.15, 0.2) is 34.9 Å². The first kappa shape index (κ1) is 14.6. The van der Waals surface area contributed by atoms with Crippen LogP contribution in [0.3, 0.4) is 0 Å². The zero-order valence-corrected chi connectivity index (χ0v) is 12.4. The summed E-state index contributed by atoms with van der Waals surface area (Å²) < 4.78 is 10.1. The summed E-state index contributed by atoms with van der Waals surface area (Å²) in [6.07, 6.45) is 4.14. The van der Waals surface area contributed by atoms with Crippen LogP contribution in [0.2, 0.25) is 0 Å². The van der Waals surface area contributed by atoms with Crippen molar-refractivity contribution in [3.63, 3.8) is 0 Å². The second-order valence-corrected chi connectivity index (χ2v) is 5.38. The molecule has 1 aromatic carbocycles. The molecular formula is C16H19N3O3. The van der Waals surface area contributed by atoms with Gasteiger partial charge in [0.2, 0.25) is 0 Å². The average molecular weight is 301 g/mol. The molecule has 0 saturated carbocycles. The van der Waals surface area contributed by atoms with Crippen molar-refractivity contribution in [2.24, 2.45) is 0 Å². The molecule has 0 atom stereocenters. The van der Waals surface area contributed by atoms with Gasteiger partial charge in [0.05, 0.1) is 0 Å². The normalized spacial score (nSPS) is 14.3. The number of hydrogen-bond acceptors (Lipinski definition) is 5. The lowest BCUT2D eigenvalue weighted by atomic mass is 10.1. The van der Waals surface area contributed by atoms with Gasteiger partial charge in [-0.2, -0.15) is 4.98 Å². The maximum Gasteiger partial charge on any atom is 0.426 e. The minimum atomic E-state index is -0.406. The van der Waals surface area contributed by atoms with Crippen LogP contribution in [0.1, 0.15) is 30.7 Å². The highest BCUT2D eigenvalue weighted by molar-refractivity contribution is 5.69. The summed E-state index contributed by atoms with van der Waals surface area (Å²) in [5.74, 6) is 0.570.